The molecule has 2 N–H and O–H groups in total. The summed E-state index contributed by atoms with van der Waals surface area (Å²) in [6.45, 7) is 2.99. The van der Waals surface area contributed by atoms with E-state index in [1.54, 1.807) is 0 Å². The second kappa shape index (κ2) is 4.33. The van der Waals surface area contributed by atoms with E-state index >= 15 is 0 Å². The molecule has 3 heteroatoms. The largest absolute Gasteiger partial charge is 0.492 e. The van der Waals surface area contributed by atoms with Gasteiger partial charge in [-0.2, -0.15) is 0 Å². The SMILES string of the molecule is CCOc1cccc(CN)c1Cl. The van der Waals surface area contributed by atoms with Gasteiger partial charge in [-0.25, -0.2) is 0 Å². The molecule has 12 heavy (non-hydrogen) atoms. The van der Waals surface area contributed by atoms with E-state index < -0.39 is 0 Å². The van der Waals surface area contributed by atoms with Crippen molar-refractivity contribution < 1.29 is 4.74 Å². The van der Waals surface area contributed by atoms with Crippen molar-refractivity contribution in [3.8, 4) is 5.75 Å². The first-order valence-corrected chi connectivity index (χ1v) is 4.27. The Kier molecular flexibility index (Phi) is 3.38. The van der Waals surface area contributed by atoms with Gasteiger partial charge in [0.05, 0.1) is 11.6 Å². The van der Waals surface area contributed by atoms with Crippen LogP contribution in [0, 0.1) is 0 Å². The highest BCUT2D eigenvalue weighted by Crippen LogP contribution is 2.27. The van der Waals surface area contributed by atoms with Crippen LogP contribution in [-0.2, 0) is 6.54 Å². The number of halogens is 1. The summed E-state index contributed by atoms with van der Waals surface area (Å²) in [7, 11) is 0. The molecule has 0 aliphatic carbocycles. The zero-order valence-corrected chi connectivity index (χ0v) is 7.77. The van der Waals surface area contributed by atoms with Gasteiger partial charge in [-0.15, -0.1) is 0 Å². The molecule has 0 amide bonds. The van der Waals surface area contributed by atoms with E-state index in [4.69, 9.17) is 22.1 Å². The van der Waals surface area contributed by atoms with Crippen molar-refractivity contribution >= 4 is 11.6 Å². The number of benzene rings is 1. The van der Waals surface area contributed by atoms with Gasteiger partial charge in [-0.05, 0) is 18.6 Å². The maximum absolute atomic E-state index is 5.98. The molecule has 0 fully saturated rings. The van der Waals surface area contributed by atoms with Gasteiger partial charge < -0.3 is 10.5 Å². The number of nitrogens with two attached hydrogens (primary N) is 1. The molecule has 1 aromatic carbocycles. The highest BCUT2D eigenvalue weighted by atomic mass is 35.5. The van der Waals surface area contributed by atoms with Gasteiger partial charge in [0, 0.05) is 6.54 Å². The van der Waals surface area contributed by atoms with Crippen LogP contribution in [0.2, 0.25) is 5.02 Å². The molecule has 0 radical (unpaired) electrons. The Bertz CT molecular complexity index is 263. The third-order valence-electron chi connectivity index (χ3n) is 1.56. The van der Waals surface area contributed by atoms with E-state index in [1.807, 2.05) is 25.1 Å². The summed E-state index contributed by atoms with van der Waals surface area (Å²) in [4.78, 5) is 0. The molecule has 2 nitrogen and oxygen atoms in total. The van der Waals surface area contributed by atoms with Gasteiger partial charge in [0.25, 0.3) is 0 Å². The average Bonchev–Trinajstić information content (AvgIpc) is 2.09. The van der Waals surface area contributed by atoms with Crippen molar-refractivity contribution in [3.63, 3.8) is 0 Å². The highest BCUT2D eigenvalue weighted by Gasteiger charge is 2.04. The van der Waals surface area contributed by atoms with Gasteiger partial charge in [0.1, 0.15) is 5.75 Å². The van der Waals surface area contributed by atoms with Crippen molar-refractivity contribution in [3.05, 3.63) is 28.8 Å². The summed E-state index contributed by atoms with van der Waals surface area (Å²) >= 11 is 5.98. The fourth-order valence-corrected chi connectivity index (χ4v) is 1.24. The van der Waals surface area contributed by atoms with Crippen molar-refractivity contribution in [2.45, 2.75) is 13.5 Å². The Morgan fingerprint density at radius 1 is 1.50 bits per heavy atom. The summed E-state index contributed by atoms with van der Waals surface area (Å²) in [5.41, 5.74) is 6.39. The van der Waals surface area contributed by atoms with E-state index in [-0.39, 0.29) is 0 Å². The fraction of sp³-hybridized carbons (Fsp3) is 0.333. The molecular weight excluding hydrogens is 174 g/mol. The third kappa shape index (κ3) is 1.90. The van der Waals surface area contributed by atoms with Gasteiger partial charge in [0.2, 0.25) is 0 Å². The van der Waals surface area contributed by atoms with E-state index in [1.165, 1.54) is 0 Å². The molecule has 0 saturated heterocycles. The minimum absolute atomic E-state index is 0.444. The van der Waals surface area contributed by atoms with Crippen LogP contribution in [0.15, 0.2) is 18.2 Å². The first-order chi connectivity index (χ1) is 5.79. The molecule has 0 atom stereocenters. The normalized spacial score (nSPS) is 9.92. The standard InChI is InChI=1S/C9H12ClNO/c1-2-12-8-5-3-4-7(6-11)9(8)10/h3-5H,2,6,11H2,1H3. The molecule has 1 aromatic rings. The smallest absolute Gasteiger partial charge is 0.138 e. The molecular formula is C9H12ClNO. The Labute approximate surface area is 77.3 Å². The number of rotatable bonds is 3. The van der Waals surface area contributed by atoms with Crippen LogP contribution in [0.3, 0.4) is 0 Å². The van der Waals surface area contributed by atoms with Crippen LogP contribution < -0.4 is 10.5 Å². The second-order valence-corrected chi connectivity index (χ2v) is 2.74. The molecule has 0 aromatic heterocycles. The van der Waals surface area contributed by atoms with E-state index in [0.717, 1.165) is 5.56 Å². The first kappa shape index (κ1) is 9.36. The lowest BCUT2D eigenvalue weighted by atomic mass is 10.2. The number of ether oxygens (including phenoxy) is 1. The Balaban J connectivity index is 2.97. The van der Waals surface area contributed by atoms with Gasteiger partial charge in [-0.1, -0.05) is 23.7 Å². The van der Waals surface area contributed by atoms with Crippen LogP contribution in [-0.4, -0.2) is 6.61 Å². The predicted molar refractivity (Wildman–Crippen MR) is 50.5 cm³/mol. The second-order valence-electron chi connectivity index (χ2n) is 2.37. The van der Waals surface area contributed by atoms with Crippen LogP contribution in [0.5, 0.6) is 5.75 Å². The molecule has 0 heterocycles. The van der Waals surface area contributed by atoms with Gasteiger partial charge in [0.15, 0.2) is 0 Å². The predicted octanol–water partition coefficient (Wildman–Crippen LogP) is 2.20. The summed E-state index contributed by atoms with van der Waals surface area (Å²) in [5, 5.41) is 0.627. The molecule has 0 aliphatic heterocycles. The lowest BCUT2D eigenvalue weighted by Gasteiger charge is -2.07. The van der Waals surface area contributed by atoms with Crippen molar-refractivity contribution in [1.82, 2.24) is 0 Å². The van der Waals surface area contributed by atoms with Crippen LogP contribution in [0.25, 0.3) is 0 Å². The monoisotopic (exact) mass is 185 g/mol. The van der Waals surface area contributed by atoms with Crippen LogP contribution in [0.1, 0.15) is 12.5 Å². The summed E-state index contributed by atoms with van der Waals surface area (Å²) in [5.74, 6) is 0.710. The molecule has 66 valence electrons. The minimum Gasteiger partial charge on any atom is -0.492 e. The average molecular weight is 186 g/mol. The Morgan fingerprint density at radius 3 is 2.83 bits per heavy atom. The Morgan fingerprint density at radius 2 is 2.25 bits per heavy atom. The first-order valence-electron chi connectivity index (χ1n) is 3.89. The fourth-order valence-electron chi connectivity index (χ4n) is 0.981. The molecule has 1 rings (SSSR count). The van der Waals surface area contributed by atoms with Gasteiger partial charge in [-0.3, -0.25) is 0 Å². The summed E-state index contributed by atoms with van der Waals surface area (Å²) < 4.78 is 5.29. The Hall–Kier alpha value is -0.730. The highest BCUT2D eigenvalue weighted by molar-refractivity contribution is 6.32. The maximum atomic E-state index is 5.98. The van der Waals surface area contributed by atoms with E-state index in [2.05, 4.69) is 0 Å². The lowest BCUT2D eigenvalue weighted by molar-refractivity contribution is 0.340. The van der Waals surface area contributed by atoms with Crippen molar-refractivity contribution in [2.75, 3.05) is 6.61 Å². The minimum atomic E-state index is 0.444. The summed E-state index contributed by atoms with van der Waals surface area (Å²) in [6, 6.07) is 5.62. The zero-order valence-electron chi connectivity index (χ0n) is 7.01. The van der Waals surface area contributed by atoms with Crippen molar-refractivity contribution in [2.24, 2.45) is 5.73 Å². The van der Waals surface area contributed by atoms with Crippen LogP contribution in [0.4, 0.5) is 0 Å². The topological polar surface area (TPSA) is 35.2 Å². The molecule has 0 saturated carbocycles. The maximum Gasteiger partial charge on any atom is 0.138 e. The number of hydrogen-bond donors (Lipinski definition) is 1. The zero-order chi connectivity index (χ0) is 8.97. The number of hydrogen-bond acceptors (Lipinski definition) is 2. The molecule has 0 aliphatic rings. The van der Waals surface area contributed by atoms with Crippen molar-refractivity contribution in [1.29, 1.82) is 0 Å². The van der Waals surface area contributed by atoms with Gasteiger partial charge >= 0.3 is 0 Å². The quantitative estimate of drug-likeness (QED) is 0.784. The lowest BCUT2D eigenvalue weighted by Crippen LogP contribution is -1.99. The van der Waals surface area contributed by atoms with Crippen LogP contribution >= 0.6 is 11.6 Å². The summed E-state index contributed by atoms with van der Waals surface area (Å²) in [6.07, 6.45) is 0. The molecule has 0 spiro atoms. The van der Waals surface area contributed by atoms with E-state index in [0.29, 0.717) is 23.9 Å². The van der Waals surface area contributed by atoms with E-state index in [9.17, 15) is 0 Å². The molecule has 0 unspecified atom stereocenters. The molecule has 0 bridgehead atoms. The third-order valence-corrected chi connectivity index (χ3v) is 1.99.